The number of halogens is 1. The fourth-order valence-electron chi connectivity index (χ4n) is 1.94. The molecule has 1 saturated heterocycles. The lowest BCUT2D eigenvalue weighted by molar-refractivity contribution is 0.0104. The maximum atomic E-state index is 11.9. The van der Waals surface area contributed by atoms with Crippen LogP contribution in [0.5, 0.6) is 0 Å². The monoisotopic (exact) mass is 302 g/mol. The number of carbonyl (C=O) groups is 1. The van der Waals surface area contributed by atoms with E-state index in [0.717, 1.165) is 29.5 Å². The Morgan fingerprint density at radius 3 is 3.00 bits per heavy atom. The van der Waals surface area contributed by atoms with E-state index in [4.69, 9.17) is 4.74 Å². The van der Waals surface area contributed by atoms with Gasteiger partial charge in [0.05, 0.1) is 6.10 Å². The normalized spacial score (nSPS) is 20.9. The number of ether oxygens (including phenoxy) is 1. The third-order valence-corrected chi connectivity index (χ3v) is 4.59. The molecule has 1 aliphatic rings. The summed E-state index contributed by atoms with van der Waals surface area (Å²) in [5.74, 6) is 0.224. The van der Waals surface area contributed by atoms with Gasteiger partial charge in [-0.2, -0.15) is 11.3 Å². The Bertz CT molecular complexity index is 356. The Labute approximate surface area is 108 Å². The van der Waals surface area contributed by atoms with E-state index in [0.29, 0.717) is 12.5 Å². The molecule has 0 spiro atoms. The Kier molecular flexibility index (Phi) is 4.55. The minimum atomic E-state index is 0.224. The van der Waals surface area contributed by atoms with Crippen molar-refractivity contribution in [2.24, 2.45) is 0 Å². The molecular formula is C12H15BrO2S. The number of ketones is 1. The van der Waals surface area contributed by atoms with Gasteiger partial charge in [0.2, 0.25) is 0 Å². The van der Waals surface area contributed by atoms with Crippen molar-refractivity contribution in [1.82, 2.24) is 0 Å². The van der Waals surface area contributed by atoms with Crippen LogP contribution >= 0.6 is 27.3 Å². The van der Waals surface area contributed by atoms with Crippen molar-refractivity contribution in [3.05, 3.63) is 20.8 Å². The molecule has 0 saturated carbocycles. The molecule has 1 aliphatic heterocycles. The van der Waals surface area contributed by atoms with Crippen LogP contribution in [-0.2, 0) is 4.74 Å². The van der Waals surface area contributed by atoms with Gasteiger partial charge in [0.1, 0.15) is 0 Å². The molecule has 0 N–H and O–H groups in total. The van der Waals surface area contributed by atoms with Crippen LogP contribution < -0.4 is 0 Å². The number of thiophene rings is 1. The van der Waals surface area contributed by atoms with Gasteiger partial charge < -0.3 is 4.74 Å². The quantitative estimate of drug-likeness (QED) is 0.785. The molecule has 1 aromatic rings. The number of Topliss-reactive ketones (excluding diaryl/α,β-unsaturated/α-hetero) is 1. The molecule has 1 unspecified atom stereocenters. The molecule has 0 aromatic carbocycles. The smallest absolute Gasteiger partial charge is 0.164 e. The molecule has 1 atom stereocenters. The summed E-state index contributed by atoms with van der Waals surface area (Å²) in [5.41, 5.74) is 0.820. The molecule has 2 rings (SSSR count). The largest absolute Gasteiger partial charge is 0.378 e. The van der Waals surface area contributed by atoms with Crippen LogP contribution in [0.1, 0.15) is 42.5 Å². The third kappa shape index (κ3) is 3.15. The van der Waals surface area contributed by atoms with Gasteiger partial charge in [-0.1, -0.05) is 0 Å². The van der Waals surface area contributed by atoms with Gasteiger partial charge in [0.25, 0.3) is 0 Å². The maximum Gasteiger partial charge on any atom is 0.164 e. The summed E-state index contributed by atoms with van der Waals surface area (Å²) in [7, 11) is 0. The van der Waals surface area contributed by atoms with Crippen molar-refractivity contribution in [1.29, 1.82) is 0 Å². The van der Waals surface area contributed by atoms with E-state index < -0.39 is 0 Å². The first kappa shape index (κ1) is 12.3. The first-order valence-electron chi connectivity index (χ1n) is 5.64. The third-order valence-electron chi connectivity index (χ3n) is 2.88. The topological polar surface area (TPSA) is 26.3 Å². The predicted octanol–water partition coefficient (Wildman–Crippen LogP) is 4.04. The van der Waals surface area contributed by atoms with E-state index in [1.165, 1.54) is 12.8 Å². The summed E-state index contributed by atoms with van der Waals surface area (Å²) in [5, 5.41) is 3.86. The van der Waals surface area contributed by atoms with Gasteiger partial charge in [-0.15, -0.1) is 0 Å². The minimum Gasteiger partial charge on any atom is -0.378 e. The standard InChI is InChI=1S/C12H15BrO2S/c13-11-8-16-7-10(11)12(14)5-4-9-3-1-2-6-15-9/h7-9H,1-6H2. The second-order valence-corrected chi connectivity index (χ2v) is 5.68. The molecule has 16 heavy (non-hydrogen) atoms. The minimum absolute atomic E-state index is 0.224. The molecule has 1 aromatic heterocycles. The Hall–Kier alpha value is -0.190. The Morgan fingerprint density at radius 2 is 2.38 bits per heavy atom. The zero-order valence-corrected chi connectivity index (χ0v) is 11.5. The highest BCUT2D eigenvalue weighted by atomic mass is 79.9. The lowest BCUT2D eigenvalue weighted by atomic mass is 10.0. The summed E-state index contributed by atoms with van der Waals surface area (Å²) >= 11 is 4.95. The van der Waals surface area contributed by atoms with Crippen molar-refractivity contribution in [3.8, 4) is 0 Å². The van der Waals surface area contributed by atoms with Crippen LogP contribution in [0, 0.1) is 0 Å². The number of carbonyl (C=O) groups excluding carboxylic acids is 1. The van der Waals surface area contributed by atoms with E-state index in [2.05, 4.69) is 15.9 Å². The fourth-order valence-corrected chi connectivity index (χ4v) is 3.46. The average Bonchev–Trinajstić information content (AvgIpc) is 2.74. The van der Waals surface area contributed by atoms with Crippen molar-refractivity contribution < 1.29 is 9.53 Å². The van der Waals surface area contributed by atoms with Crippen LogP contribution in [0.3, 0.4) is 0 Å². The Morgan fingerprint density at radius 1 is 1.50 bits per heavy atom. The molecule has 88 valence electrons. The molecule has 4 heteroatoms. The Balaban J connectivity index is 1.81. The maximum absolute atomic E-state index is 11.9. The van der Waals surface area contributed by atoms with E-state index in [1.807, 2.05) is 10.8 Å². The first-order chi connectivity index (χ1) is 7.77. The zero-order valence-electron chi connectivity index (χ0n) is 9.08. The van der Waals surface area contributed by atoms with Gasteiger partial charge in [-0.3, -0.25) is 4.79 Å². The lowest BCUT2D eigenvalue weighted by Gasteiger charge is -2.22. The molecule has 0 aliphatic carbocycles. The zero-order chi connectivity index (χ0) is 11.4. The second-order valence-electron chi connectivity index (χ2n) is 4.08. The van der Waals surface area contributed by atoms with Crippen LogP contribution in [0.4, 0.5) is 0 Å². The van der Waals surface area contributed by atoms with E-state index in [9.17, 15) is 4.79 Å². The summed E-state index contributed by atoms with van der Waals surface area (Å²) < 4.78 is 6.54. The van der Waals surface area contributed by atoms with Gasteiger partial charge in [0.15, 0.2) is 5.78 Å². The van der Waals surface area contributed by atoms with Gasteiger partial charge in [0, 0.05) is 33.8 Å². The molecule has 0 bridgehead atoms. The number of hydrogen-bond acceptors (Lipinski definition) is 3. The first-order valence-corrected chi connectivity index (χ1v) is 7.37. The summed E-state index contributed by atoms with van der Waals surface area (Å²) in [6, 6.07) is 0. The van der Waals surface area contributed by atoms with Crippen molar-refractivity contribution in [3.63, 3.8) is 0 Å². The van der Waals surface area contributed by atoms with Gasteiger partial charge >= 0.3 is 0 Å². The lowest BCUT2D eigenvalue weighted by Crippen LogP contribution is -2.19. The van der Waals surface area contributed by atoms with Crippen molar-refractivity contribution in [2.45, 2.75) is 38.2 Å². The summed E-state index contributed by atoms with van der Waals surface area (Å²) in [6.07, 6.45) is 5.27. The van der Waals surface area contributed by atoms with E-state index in [-0.39, 0.29) is 5.78 Å². The SMILES string of the molecule is O=C(CCC1CCCCO1)c1cscc1Br. The highest BCUT2D eigenvalue weighted by Gasteiger charge is 2.17. The van der Waals surface area contributed by atoms with Crippen molar-refractivity contribution >= 4 is 33.0 Å². The van der Waals surface area contributed by atoms with Crippen LogP contribution in [-0.4, -0.2) is 18.5 Å². The van der Waals surface area contributed by atoms with E-state index in [1.54, 1.807) is 11.3 Å². The van der Waals surface area contributed by atoms with Crippen LogP contribution in [0.25, 0.3) is 0 Å². The molecule has 0 amide bonds. The van der Waals surface area contributed by atoms with Gasteiger partial charge in [-0.25, -0.2) is 0 Å². The summed E-state index contributed by atoms with van der Waals surface area (Å²) in [6.45, 7) is 0.862. The summed E-state index contributed by atoms with van der Waals surface area (Å²) in [4.78, 5) is 11.9. The average molecular weight is 303 g/mol. The molecule has 2 nitrogen and oxygen atoms in total. The molecule has 2 heterocycles. The molecular weight excluding hydrogens is 288 g/mol. The predicted molar refractivity (Wildman–Crippen MR) is 69.2 cm³/mol. The fraction of sp³-hybridized carbons (Fsp3) is 0.583. The van der Waals surface area contributed by atoms with Crippen LogP contribution in [0.15, 0.2) is 15.2 Å². The second kappa shape index (κ2) is 5.94. The van der Waals surface area contributed by atoms with Gasteiger partial charge in [-0.05, 0) is 41.6 Å². The van der Waals surface area contributed by atoms with Crippen molar-refractivity contribution in [2.75, 3.05) is 6.61 Å². The molecule has 1 fully saturated rings. The number of hydrogen-bond donors (Lipinski definition) is 0. The number of rotatable bonds is 4. The molecule has 0 radical (unpaired) electrons. The van der Waals surface area contributed by atoms with Crippen LogP contribution in [0.2, 0.25) is 0 Å². The highest BCUT2D eigenvalue weighted by Crippen LogP contribution is 2.24. The highest BCUT2D eigenvalue weighted by molar-refractivity contribution is 9.10. The van der Waals surface area contributed by atoms with E-state index >= 15 is 0 Å².